The fourth-order valence-corrected chi connectivity index (χ4v) is 7.27. The van der Waals surface area contributed by atoms with Gasteiger partial charge < -0.3 is 24.3 Å². The lowest BCUT2D eigenvalue weighted by Gasteiger charge is -2.39. The molecule has 2 aliphatic heterocycles. The number of carbonyl (C=O) groups is 1. The fourth-order valence-electron chi connectivity index (χ4n) is 7.27. The number of halogens is 1. The van der Waals surface area contributed by atoms with Crippen molar-refractivity contribution in [2.75, 3.05) is 51.3 Å². The number of rotatable bonds is 7. The summed E-state index contributed by atoms with van der Waals surface area (Å²) >= 11 is 0. The van der Waals surface area contributed by atoms with Gasteiger partial charge in [-0.3, -0.25) is 4.79 Å². The highest BCUT2D eigenvalue weighted by atomic mass is 19.1. The first-order valence-electron chi connectivity index (χ1n) is 14.9. The van der Waals surface area contributed by atoms with E-state index < -0.39 is 0 Å². The standard InChI is InChI=1S/C33H35FN6O2/c1-4-29(41)40-14-13-39(18-22(40)17-35-2)32-26-11-10-25(23-8-5-9-24-27-15-20(27)16-28(23)24)30(34)31(26)36-33(37-32)42-19-21-7-6-12-38(21)3/h4-5,8-11,20-22,27H,1,6-7,12-19H2,3H3/t20-,21+,22+,27-/m1/s1. The summed E-state index contributed by atoms with van der Waals surface area (Å²) in [5.41, 5.74) is 4.36. The van der Waals surface area contributed by atoms with E-state index in [2.05, 4.69) is 34.4 Å². The zero-order valence-corrected chi connectivity index (χ0v) is 23.9. The average molecular weight is 567 g/mol. The van der Waals surface area contributed by atoms with Crippen LogP contribution in [0.25, 0.3) is 26.9 Å². The number of piperazine rings is 1. The zero-order valence-electron chi connectivity index (χ0n) is 23.9. The van der Waals surface area contributed by atoms with Crippen molar-refractivity contribution in [1.82, 2.24) is 19.8 Å². The Hall–Kier alpha value is -4.03. The number of likely N-dealkylation sites (tertiary alicyclic amines) is 1. The van der Waals surface area contributed by atoms with Crippen LogP contribution in [-0.2, 0) is 11.2 Å². The molecule has 1 aromatic heterocycles. The van der Waals surface area contributed by atoms with E-state index >= 15 is 4.39 Å². The summed E-state index contributed by atoms with van der Waals surface area (Å²) in [7, 11) is 2.09. The molecular formula is C33H35FN6O2. The lowest BCUT2D eigenvalue weighted by atomic mass is 9.93. The van der Waals surface area contributed by atoms with Crippen LogP contribution < -0.4 is 9.64 Å². The second-order valence-electron chi connectivity index (χ2n) is 12.1. The van der Waals surface area contributed by atoms with E-state index in [0.717, 1.165) is 31.4 Å². The minimum atomic E-state index is -0.369. The van der Waals surface area contributed by atoms with Crippen molar-refractivity contribution >= 4 is 22.6 Å². The smallest absolute Gasteiger partial charge is 0.319 e. The van der Waals surface area contributed by atoms with Crippen molar-refractivity contribution < 1.29 is 13.9 Å². The van der Waals surface area contributed by atoms with Gasteiger partial charge in [0.2, 0.25) is 12.5 Å². The normalized spacial score (nSPS) is 24.8. The lowest BCUT2D eigenvalue weighted by molar-refractivity contribution is -0.128. The molecule has 0 spiro atoms. The highest BCUT2D eigenvalue weighted by Crippen LogP contribution is 2.58. The molecule has 0 radical (unpaired) electrons. The van der Waals surface area contributed by atoms with Gasteiger partial charge in [-0.05, 0) is 79.9 Å². The number of hydrogen-bond donors (Lipinski definition) is 0. The number of likely N-dealkylation sites (N-methyl/N-ethyl adjacent to an activating group) is 1. The Bertz CT molecular complexity index is 1620. The second kappa shape index (κ2) is 10.7. The highest BCUT2D eigenvalue weighted by molar-refractivity contribution is 5.94. The molecular weight excluding hydrogens is 531 g/mol. The van der Waals surface area contributed by atoms with Crippen molar-refractivity contribution in [3.63, 3.8) is 0 Å². The van der Waals surface area contributed by atoms with Gasteiger partial charge in [-0.2, -0.15) is 9.97 Å². The maximum absolute atomic E-state index is 16.6. The molecule has 1 saturated carbocycles. The summed E-state index contributed by atoms with van der Waals surface area (Å²) in [4.78, 5) is 31.6. The van der Waals surface area contributed by atoms with Crippen molar-refractivity contribution in [2.45, 2.75) is 43.7 Å². The first-order valence-corrected chi connectivity index (χ1v) is 14.9. The van der Waals surface area contributed by atoms with Crippen molar-refractivity contribution in [1.29, 1.82) is 0 Å². The van der Waals surface area contributed by atoms with Gasteiger partial charge in [0.25, 0.3) is 0 Å². The predicted molar refractivity (Wildman–Crippen MR) is 160 cm³/mol. The van der Waals surface area contributed by atoms with Gasteiger partial charge in [0.15, 0.2) is 5.82 Å². The van der Waals surface area contributed by atoms with E-state index in [4.69, 9.17) is 16.3 Å². The van der Waals surface area contributed by atoms with Gasteiger partial charge in [-0.25, -0.2) is 11.0 Å². The van der Waals surface area contributed by atoms with Gasteiger partial charge in [0, 0.05) is 36.6 Å². The summed E-state index contributed by atoms with van der Waals surface area (Å²) in [6.45, 7) is 14.0. The molecule has 0 N–H and O–H groups in total. The van der Waals surface area contributed by atoms with Crippen LogP contribution >= 0.6 is 0 Å². The maximum atomic E-state index is 16.6. The Morgan fingerprint density at radius 1 is 1.19 bits per heavy atom. The SMILES string of the molecule is [C-]#[N+]C[C@H]1CN(c2nc(OC[C@@H]3CCCN3C)nc3c(F)c(-c4cccc5c4C[C@H]4C[C@@H]54)ccc23)CCN1C(=O)C=C. The van der Waals surface area contributed by atoms with E-state index in [-0.39, 0.29) is 41.9 Å². The average Bonchev–Trinajstić information content (AvgIpc) is 3.50. The fraction of sp³-hybridized carbons (Fsp3) is 0.455. The molecule has 42 heavy (non-hydrogen) atoms. The van der Waals surface area contributed by atoms with Crippen LogP contribution in [0.4, 0.5) is 10.2 Å². The third kappa shape index (κ3) is 4.58. The van der Waals surface area contributed by atoms with Crippen LogP contribution in [0.5, 0.6) is 6.01 Å². The third-order valence-corrected chi connectivity index (χ3v) is 9.68. The van der Waals surface area contributed by atoms with Crippen LogP contribution in [0.3, 0.4) is 0 Å². The zero-order chi connectivity index (χ0) is 29.0. The summed E-state index contributed by atoms with van der Waals surface area (Å²) in [5.74, 6) is 1.33. The van der Waals surface area contributed by atoms with E-state index in [9.17, 15) is 4.79 Å². The van der Waals surface area contributed by atoms with Crippen LogP contribution in [-0.4, -0.2) is 84.1 Å². The molecule has 2 saturated heterocycles. The molecule has 0 bridgehead atoms. The van der Waals surface area contributed by atoms with Gasteiger partial charge in [-0.1, -0.05) is 30.8 Å². The summed E-state index contributed by atoms with van der Waals surface area (Å²) in [6.07, 6.45) is 5.69. The summed E-state index contributed by atoms with van der Waals surface area (Å²) in [6, 6.07) is 10.1. The van der Waals surface area contributed by atoms with Crippen LogP contribution in [0.2, 0.25) is 0 Å². The number of hydrogen-bond acceptors (Lipinski definition) is 6. The van der Waals surface area contributed by atoms with Crippen molar-refractivity contribution in [3.8, 4) is 17.1 Å². The van der Waals surface area contributed by atoms with E-state index in [0.29, 0.717) is 54.8 Å². The van der Waals surface area contributed by atoms with Gasteiger partial charge in [-0.15, -0.1) is 0 Å². The van der Waals surface area contributed by atoms with Crippen LogP contribution in [0.1, 0.15) is 36.3 Å². The first kappa shape index (κ1) is 26.8. The molecule has 3 heterocycles. The molecule has 7 rings (SSSR count). The number of amides is 1. The number of fused-ring (bicyclic) bond motifs is 4. The van der Waals surface area contributed by atoms with E-state index in [1.54, 1.807) is 4.90 Å². The van der Waals surface area contributed by atoms with Gasteiger partial charge >= 0.3 is 6.01 Å². The van der Waals surface area contributed by atoms with Gasteiger partial charge in [0.05, 0.1) is 0 Å². The molecule has 9 heteroatoms. The van der Waals surface area contributed by atoms with Crippen molar-refractivity contribution in [2.24, 2.45) is 5.92 Å². The van der Waals surface area contributed by atoms with Crippen LogP contribution in [0.15, 0.2) is 43.0 Å². The first-order chi connectivity index (χ1) is 20.5. The second-order valence-corrected chi connectivity index (χ2v) is 12.1. The summed E-state index contributed by atoms with van der Waals surface area (Å²) in [5, 5.41) is 0.599. The Labute approximate surface area is 245 Å². The topological polar surface area (TPSA) is 66.2 Å². The van der Waals surface area contributed by atoms with E-state index in [1.807, 2.05) is 29.2 Å². The minimum absolute atomic E-state index is 0.153. The Balaban J connectivity index is 1.29. The molecule has 2 aliphatic carbocycles. The highest BCUT2D eigenvalue weighted by Gasteiger charge is 2.46. The predicted octanol–water partition coefficient (Wildman–Crippen LogP) is 4.69. The molecule has 216 valence electrons. The molecule has 4 aliphatic rings. The molecule has 0 unspecified atom stereocenters. The molecule has 3 aromatic rings. The lowest BCUT2D eigenvalue weighted by Crippen LogP contribution is -2.56. The summed E-state index contributed by atoms with van der Waals surface area (Å²) < 4.78 is 22.8. The Kier molecular flexibility index (Phi) is 6.82. The number of ether oxygens (including phenoxy) is 1. The van der Waals surface area contributed by atoms with Gasteiger partial charge in [0.1, 0.15) is 24.0 Å². The third-order valence-electron chi connectivity index (χ3n) is 9.68. The Morgan fingerprint density at radius 3 is 2.86 bits per heavy atom. The molecule has 2 aromatic carbocycles. The monoisotopic (exact) mass is 566 g/mol. The Morgan fingerprint density at radius 2 is 2.07 bits per heavy atom. The van der Waals surface area contributed by atoms with Crippen molar-refractivity contribution in [3.05, 3.63) is 71.3 Å². The minimum Gasteiger partial charge on any atom is -0.462 e. The number of nitrogens with zero attached hydrogens (tertiary/aromatic N) is 6. The number of aromatic nitrogens is 2. The van der Waals surface area contributed by atoms with E-state index in [1.165, 1.54) is 23.6 Å². The quantitative estimate of drug-likeness (QED) is 0.306. The number of benzene rings is 2. The molecule has 1 amide bonds. The van der Waals surface area contributed by atoms with Crippen LogP contribution in [0, 0.1) is 18.3 Å². The molecule has 4 atom stereocenters. The number of anilines is 1. The molecule has 8 nitrogen and oxygen atoms in total. The largest absolute Gasteiger partial charge is 0.462 e. The maximum Gasteiger partial charge on any atom is 0.319 e. The molecule has 3 fully saturated rings. The number of carbonyl (C=O) groups excluding carboxylic acids is 1.